The van der Waals surface area contributed by atoms with Crippen molar-refractivity contribution in [1.29, 1.82) is 0 Å². The Kier molecular flexibility index (Phi) is 7.78. The summed E-state index contributed by atoms with van der Waals surface area (Å²) in [5.74, 6) is 0.918. The lowest BCUT2D eigenvalue weighted by Gasteiger charge is -2.21. The van der Waals surface area contributed by atoms with Crippen molar-refractivity contribution in [2.75, 3.05) is 11.0 Å². The highest BCUT2D eigenvalue weighted by atomic mass is 127. The molecule has 2 atom stereocenters. The van der Waals surface area contributed by atoms with E-state index in [1.165, 1.54) is 48.5 Å². The second kappa shape index (κ2) is 9.62. The number of halogens is 1. The molecule has 1 aliphatic rings. The van der Waals surface area contributed by atoms with Gasteiger partial charge in [-0.15, -0.1) is 0 Å². The van der Waals surface area contributed by atoms with E-state index in [4.69, 9.17) is 4.74 Å². The quantitative estimate of drug-likeness (QED) is 0.383. The molecule has 1 saturated heterocycles. The Balaban J connectivity index is 1.77. The second-order valence-corrected chi connectivity index (χ2v) is 6.99. The Labute approximate surface area is 142 Å². The van der Waals surface area contributed by atoms with Crippen LogP contribution in [0.2, 0.25) is 0 Å². The van der Waals surface area contributed by atoms with Crippen LogP contribution in [-0.4, -0.2) is 28.1 Å². The molecule has 0 aromatic carbocycles. The summed E-state index contributed by atoms with van der Waals surface area (Å²) in [6.07, 6.45) is 12.9. The molecule has 1 N–H and O–H groups in total. The standard InChI is InChI=1S/C17H27IN2O/c1-14(17-8-6-10-20-17)21-16-11-15(12-19-13-16)7-4-2-3-5-9-18/h11-14,17,20H,2-10H2,1H3/t14?,17-/m0/s1. The molecule has 0 bridgehead atoms. The summed E-state index contributed by atoms with van der Waals surface area (Å²) >= 11 is 2.45. The molecule has 0 spiro atoms. The Morgan fingerprint density at radius 2 is 2.19 bits per heavy atom. The number of rotatable bonds is 9. The highest BCUT2D eigenvalue weighted by Gasteiger charge is 2.22. The fourth-order valence-electron chi connectivity index (χ4n) is 2.85. The van der Waals surface area contributed by atoms with Crippen LogP contribution in [-0.2, 0) is 6.42 Å². The third-order valence-electron chi connectivity index (χ3n) is 4.11. The zero-order valence-corrected chi connectivity index (χ0v) is 15.1. The molecular weight excluding hydrogens is 375 g/mol. The number of ether oxygens (including phenoxy) is 1. The molecule has 118 valence electrons. The number of alkyl halides is 1. The normalized spacial score (nSPS) is 19.6. The molecule has 1 aliphatic heterocycles. The van der Waals surface area contributed by atoms with Crippen LogP contribution in [0.5, 0.6) is 5.75 Å². The van der Waals surface area contributed by atoms with Crippen LogP contribution >= 0.6 is 22.6 Å². The molecule has 1 fully saturated rings. The zero-order valence-electron chi connectivity index (χ0n) is 13.0. The third kappa shape index (κ3) is 6.10. The Bertz CT molecular complexity index is 408. The summed E-state index contributed by atoms with van der Waals surface area (Å²) in [7, 11) is 0. The van der Waals surface area contributed by atoms with Crippen LogP contribution in [0.3, 0.4) is 0 Å². The number of nitrogens with one attached hydrogen (secondary N) is 1. The molecule has 0 amide bonds. The number of nitrogens with zero attached hydrogens (tertiary/aromatic N) is 1. The maximum Gasteiger partial charge on any atom is 0.138 e. The summed E-state index contributed by atoms with van der Waals surface area (Å²) in [6, 6.07) is 2.65. The minimum Gasteiger partial charge on any atom is -0.487 e. The van der Waals surface area contributed by atoms with Crippen LogP contribution < -0.4 is 10.1 Å². The minimum absolute atomic E-state index is 0.216. The lowest BCUT2D eigenvalue weighted by Crippen LogP contribution is -2.36. The van der Waals surface area contributed by atoms with Gasteiger partial charge in [-0.1, -0.05) is 35.4 Å². The van der Waals surface area contributed by atoms with Crippen molar-refractivity contribution >= 4 is 22.6 Å². The number of unbranched alkanes of at least 4 members (excludes halogenated alkanes) is 3. The molecule has 0 saturated carbocycles. The van der Waals surface area contributed by atoms with Gasteiger partial charge < -0.3 is 10.1 Å². The Hall–Kier alpha value is -0.360. The topological polar surface area (TPSA) is 34.1 Å². The lowest BCUT2D eigenvalue weighted by molar-refractivity contribution is 0.179. The van der Waals surface area contributed by atoms with Crippen LogP contribution in [0.1, 0.15) is 51.0 Å². The largest absolute Gasteiger partial charge is 0.487 e. The molecule has 1 unspecified atom stereocenters. The first-order valence-electron chi connectivity index (χ1n) is 8.19. The van der Waals surface area contributed by atoms with Crippen molar-refractivity contribution in [3.05, 3.63) is 24.0 Å². The van der Waals surface area contributed by atoms with E-state index in [9.17, 15) is 0 Å². The summed E-state index contributed by atoms with van der Waals surface area (Å²) in [5.41, 5.74) is 1.30. The van der Waals surface area contributed by atoms with E-state index in [2.05, 4.69) is 45.9 Å². The minimum atomic E-state index is 0.216. The summed E-state index contributed by atoms with van der Waals surface area (Å²) < 4.78 is 7.33. The molecule has 0 radical (unpaired) electrons. The van der Waals surface area contributed by atoms with E-state index >= 15 is 0 Å². The Morgan fingerprint density at radius 3 is 2.95 bits per heavy atom. The van der Waals surface area contributed by atoms with E-state index in [1.54, 1.807) is 0 Å². The number of aryl methyl sites for hydroxylation is 1. The predicted octanol–water partition coefficient (Wildman–Crippen LogP) is 4.14. The molecule has 1 aromatic heterocycles. The van der Waals surface area contributed by atoms with Crippen LogP contribution in [0, 0.1) is 0 Å². The molecule has 0 aliphatic carbocycles. The second-order valence-electron chi connectivity index (χ2n) is 5.91. The number of aromatic nitrogens is 1. The van der Waals surface area contributed by atoms with Crippen LogP contribution in [0.4, 0.5) is 0 Å². The van der Waals surface area contributed by atoms with Gasteiger partial charge in [-0.25, -0.2) is 0 Å². The van der Waals surface area contributed by atoms with E-state index in [0.717, 1.165) is 18.7 Å². The maximum absolute atomic E-state index is 6.06. The smallest absolute Gasteiger partial charge is 0.138 e. The van der Waals surface area contributed by atoms with Gasteiger partial charge in [-0.3, -0.25) is 4.98 Å². The third-order valence-corrected chi connectivity index (χ3v) is 4.87. The van der Waals surface area contributed by atoms with Gasteiger partial charge >= 0.3 is 0 Å². The maximum atomic E-state index is 6.06. The van der Waals surface area contributed by atoms with Gasteiger partial charge in [0, 0.05) is 12.2 Å². The number of pyridine rings is 1. The fourth-order valence-corrected chi connectivity index (χ4v) is 3.39. The van der Waals surface area contributed by atoms with E-state index in [-0.39, 0.29) is 6.10 Å². The van der Waals surface area contributed by atoms with Gasteiger partial charge in [0.15, 0.2) is 0 Å². The average molecular weight is 402 g/mol. The molecule has 3 nitrogen and oxygen atoms in total. The van der Waals surface area contributed by atoms with Crippen molar-refractivity contribution in [2.45, 2.75) is 64.0 Å². The van der Waals surface area contributed by atoms with E-state index < -0.39 is 0 Å². The van der Waals surface area contributed by atoms with Crippen molar-refractivity contribution in [3.63, 3.8) is 0 Å². The van der Waals surface area contributed by atoms with Crippen molar-refractivity contribution in [2.24, 2.45) is 0 Å². The Morgan fingerprint density at radius 1 is 1.33 bits per heavy atom. The fraction of sp³-hybridized carbons (Fsp3) is 0.706. The molecule has 2 heterocycles. The van der Waals surface area contributed by atoms with Crippen LogP contribution in [0.25, 0.3) is 0 Å². The van der Waals surface area contributed by atoms with Gasteiger partial charge in [0.1, 0.15) is 11.9 Å². The number of hydrogen-bond donors (Lipinski definition) is 1. The molecule has 2 rings (SSSR count). The van der Waals surface area contributed by atoms with Crippen molar-refractivity contribution < 1.29 is 4.74 Å². The lowest BCUT2D eigenvalue weighted by atomic mass is 10.1. The van der Waals surface area contributed by atoms with E-state index in [1.807, 2.05) is 12.4 Å². The highest BCUT2D eigenvalue weighted by molar-refractivity contribution is 14.1. The summed E-state index contributed by atoms with van der Waals surface area (Å²) in [4.78, 5) is 4.33. The summed E-state index contributed by atoms with van der Waals surface area (Å²) in [6.45, 7) is 3.27. The van der Waals surface area contributed by atoms with Gasteiger partial charge in [0.05, 0.1) is 6.20 Å². The monoisotopic (exact) mass is 402 g/mol. The molecule has 1 aromatic rings. The van der Waals surface area contributed by atoms with Crippen molar-refractivity contribution in [3.8, 4) is 5.75 Å². The SMILES string of the molecule is CC(Oc1cncc(CCCCCCI)c1)[C@@H]1CCCN1. The van der Waals surface area contributed by atoms with Gasteiger partial charge in [0.25, 0.3) is 0 Å². The molecule has 21 heavy (non-hydrogen) atoms. The average Bonchev–Trinajstić information content (AvgIpc) is 3.02. The van der Waals surface area contributed by atoms with Gasteiger partial charge in [0.2, 0.25) is 0 Å². The zero-order chi connectivity index (χ0) is 14.9. The first-order valence-corrected chi connectivity index (χ1v) is 9.72. The van der Waals surface area contributed by atoms with Crippen LogP contribution in [0.15, 0.2) is 18.5 Å². The first kappa shape index (κ1) is 17.0. The van der Waals surface area contributed by atoms with Gasteiger partial charge in [-0.05, 0) is 61.6 Å². The first-order chi connectivity index (χ1) is 10.3. The number of hydrogen-bond acceptors (Lipinski definition) is 3. The van der Waals surface area contributed by atoms with E-state index in [0.29, 0.717) is 6.04 Å². The molecular formula is C17H27IN2O. The summed E-state index contributed by atoms with van der Waals surface area (Å²) in [5, 5.41) is 3.50. The highest BCUT2D eigenvalue weighted by Crippen LogP contribution is 2.19. The predicted molar refractivity (Wildman–Crippen MR) is 96.4 cm³/mol. The van der Waals surface area contributed by atoms with Gasteiger partial charge in [-0.2, -0.15) is 0 Å². The molecule has 4 heteroatoms. The van der Waals surface area contributed by atoms with Crippen molar-refractivity contribution in [1.82, 2.24) is 10.3 Å².